The molecule has 94 valence electrons. The van der Waals surface area contributed by atoms with E-state index in [-0.39, 0.29) is 0 Å². The smallest absolute Gasteiger partial charge is 0.341 e. The summed E-state index contributed by atoms with van der Waals surface area (Å²) >= 11 is 0. The summed E-state index contributed by atoms with van der Waals surface area (Å²) in [5, 5.41) is 0. The molecular weight excluding hydrogens is 218 g/mol. The molecule has 0 bridgehead atoms. The summed E-state index contributed by atoms with van der Waals surface area (Å²) in [4.78, 5) is 11.5. The van der Waals surface area contributed by atoms with E-state index in [0.717, 1.165) is 6.42 Å². The highest BCUT2D eigenvalue weighted by molar-refractivity contribution is 5.93. The fourth-order valence-corrected chi connectivity index (χ4v) is 1.29. The monoisotopic (exact) mass is 237 g/mol. The van der Waals surface area contributed by atoms with E-state index in [9.17, 15) is 4.79 Å². The van der Waals surface area contributed by atoms with Gasteiger partial charge < -0.3 is 15.2 Å². The van der Waals surface area contributed by atoms with Crippen LogP contribution in [0, 0.1) is 5.92 Å². The molecule has 0 aliphatic carbocycles. The van der Waals surface area contributed by atoms with Crippen LogP contribution in [0.25, 0.3) is 0 Å². The van der Waals surface area contributed by atoms with Gasteiger partial charge in [0, 0.05) is 11.8 Å². The van der Waals surface area contributed by atoms with Crippen LogP contribution in [-0.2, 0) is 4.74 Å². The van der Waals surface area contributed by atoms with Gasteiger partial charge in [-0.05, 0) is 18.1 Å². The molecule has 1 atom stereocenters. The van der Waals surface area contributed by atoms with Crippen molar-refractivity contribution in [1.82, 2.24) is 0 Å². The highest BCUT2D eigenvalue weighted by Gasteiger charge is 2.13. The van der Waals surface area contributed by atoms with E-state index in [4.69, 9.17) is 15.2 Å². The Labute approximate surface area is 102 Å². The molecular formula is C13H19NO3. The zero-order valence-corrected chi connectivity index (χ0v) is 10.5. The van der Waals surface area contributed by atoms with Gasteiger partial charge in [0.1, 0.15) is 11.3 Å². The van der Waals surface area contributed by atoms with Gasteiger partial charge in [-0.3, -0.25) is 0 Å². The van der Waals surface area contributed by atoms with Crippen molar-refractivity contribution in [3.05, 3.63) is 23.8 Å². The minimum Gasteiger partial charge on any atom is -0.492 e. The molecule has 0 aliphatic heterocycles. The molecule has 0 radical (unpaired) electrons. The third-order valence-electron chi connectivity index (χ3n) is 2.63. The number of rotatable bonds is 5. The van der Waals surface area contributed by atoms with E-state index in [1.807, 2.05) is 0 Å². The lowest BCUT2D eigenvalue weighted by molar-refractivity contribution is 0.0595. The van der Waals surface area contributed by atoms with Crippen molar-refractivity contribution in [3.8, 4) is 5.75 Å². The first-order valence-electron chi connectivity index (χ1n) is 5.69. The number of benzene rings is 1. The van der Waals surface area contributed by atoms with Crippen LogP contribution in [0.5, 0.6) is 5.75 Å². The average Bonchev–Trinajstić information content (AvgIpc) is 2.35. The zero-order chi connectivity index (χ0) is 12.8. The topological polar surface area (TPSA) is 61.5 Å². The van der Waals surface area contributed by atoms with Gasteiger partial charge >= 0.3 is 5.97 Å². The van der Waals surface area contributed by atoms with E-state index in [1.165, 1.54) is 7.11 Å². The van der Waals surface area contributed by atoms with Crippen molar-refractivity contribution in [2.45, 2.75) is 20.3 Å². The van der Waals surface area contributed by atoms with Crippen LogP contribution < -0.4 is 10.5 Å². The second-order valence-corrected chi connectivity index (χ2v) is 4.07. The summed E-state index contributed by atoms with van der Waals surface area (Å²) in [5.41, 5.74) is 6.65. The second kappa shape index (κ2) is 6.13. The van der Waals surface area contributed by atoms with Crippen molar-refractivity contribution in [3.63, 3.8) is 0 Å². The van der Waals surface area contributed by atoms with Crippen molar-refractivity contribution in [1.29, 1.82) is 0 Å². The van der Waals surface area contributed by atoms with Crippen molar-refractivity contribution in [2.24, 2.45) is 5.92 Å². The van der Waals surface area contributed by atoms with Crippen LogP contribution in [0.4, 0.5) is 5.69 Å². The molecule has 0 spiro atoms. The number of ether oxygens (including phenoxy) is 2. The fraction of sp³-hybridized carbons (Fsp3) is 0.462. The Hall–Kier alpha value is -1.71. The van der Waals surface area contributed by atoms with Crippen molar-refractivity contribution in [2.75, 3.05) is 19.5 Å². The third-order valence-corrected chi connectivity index (χ3v) is 2.63. The lowest BCUT2D eigenvalue weighted by Crippen LogP contribution is -2.11. The first kappa shape index (κ1) is 13.4. The Kier molecular flexibility index (Phi) is 4.82. The maximum Gasteiger partial charge on any atom is 0.341 e. The number of carbonyl (C=O) groups is 1. The van der Waals surface area contributed by atoms with Crippen LogP contribution in [0.3, 0.4) is 0 Å². The second-order valence-electron chi connectivity index (χ2n) is 4.07. The maximum atomic E-state index is 11.5. The van der Waals surface area contributed by atoms with Crippen LogP contribution in [0.2, 0.25) is 0 Å². The molecule has 17 heavy (non-hydrogen) atoms. The van der Waals surface area contributed by atoms with Crippen LogP contribution in [-0.4, -0.2) is 19.7 Å². The summed E-state index contributed by atoms with van der Waals surface area (Å²) in [5.74, 6) is 0.503. The molecule has 0 heterocycles. The number of nitrogen functional groups attached to an aromatic ring is 1. The lowest BCUT2D eigenvalue weighted by Gasteiger charge is -2.14. The van der Waals surface area contributed by atoms with E-state index in [1.54, 1.807) is 18.2 Å². The van der Waals surface area contributed by atoms with Crippen molar-refractivity contribution >= 4 is 11.7 Å². The van der Waals surface area contributed by atoms with Crippen LogP contribution in [0.15, 0.2) is 18.2 Å². The van der Waals surface area contributed by atoms with Gasteiger partial charge in [-0.25, -0.2) is 4.79 Å². The van der Waals surface area contributed by atoms with E-state index in [0.29, 0.717) is 29.5 Å². The predicted octanol–water partition coefficient (Wildman–Crippen LogP) is 2.48. The molecule has 1 aromatic carbocycles. The molecule has 0 saturated carbocycles. The van der Waals surface area contributed by atoms with Crippen LogP contribution in [0.1, 0.15) is 30.6 Å². The quantitative estimate of drug-likeness (QED) is 0.631. The number of nitrogens with two attached hydrogens (primary N) is 1. The van der Waals surface area contributed by atoms with E-state index >= 15 is 0 Å². The molecule has 1 unspecified atom stereocenters. The summed E-state index contributed by atoms with van der Waals surface area (Å²) in [6.07, 6.45) is 1.02. The predicted molar refractivity (Wildman–Crippen MR) is 67.1 cm³/mol. The summed E-state index contributed by atoms with van der Waals surface area (Å²) < 4.78 is 10.3. The fourth-order valence-electron chi connectivity index (χ4n) is 1.29. The molecule has 1 aromatic rings. The number of hydrogen-bond acceptors (Lipinski definition) is 4. The normalized spacial score (nSPS) is 11.9. The molecule has 4 heteroatoms. The average molecular weight is 237 g/mol. The van der Waals surface area contributed by atoms with Gasteiger partial charge in [0.2, 0.25) is 0 Å². The Bertz CT molecular complexity index is 390. The zero-order valence-electron chi connectivity index (χ0n) is 10.5. The Morgan fingerprint density at radius 3 is 2.76 bits per heavy atom. The first-order valence-corrected chi connectivity index (χ1v) is 5.69. The Morgan fingerprint density at radius 1 is 1.47 bits per heavy atom. The van der Waals surface area contributed by atoms with Gasteiger partial charge in [-0.15, -0.1) is 0 Å². The molecule has 1 rings (SSSR count). The van der Waals surface area contributed by atoms with Gasteiger partial charge in [0.15, 0.2) is 0 Å². The molecule has 0 fully saturated rings. The number of esters is 1. The largest absolute Gasteiger partial charge is 0.492 e. The van der Waals surface area contributed by atoms with Gasteiger partial charge in [-0.2, -0.15) is 0 Å². The maximum absolute atomic E-state index is 11.5. The summed E-state index contributed by atoms with van der Waals surface area (Å²) in [7, 11) is 1.34. The van der Waals surface area contributed by atoms with E-state index < -0.39 is 5.97 Å². The van der Waals surface area contributed by atoms with Gasteiger partial charge in [0.25, 0.3) is 0 Å². The summed E-state index contributed by atoms with van der Waals surface area (Å²) in [6.45, 7) is 4.74. The van der Waals surface area contributed by atoms with E-state index in [2.05, 4.69) is 13.8 Å². The third kappa shape index (κ3) is 3.66. The molecule has 4 nitrogen and oxygen atoms in total. The summed E-state index contributed by atoms with van der Waals surface area (Å²) in [6, 6.07) is 4.92. The highest BCUT2D eigenvalue weighted by atomic mass is 16.5. The minimum atomic E-state index is -0.413. The minimum absolute atomic E-state index is 0.407. The standard InChI is InChI=1S/C13H19NO3/c1-4-9(2)8-17-12-7-10(14)5-6-11(12)13(15)16-3/h5-7,9H,4,8,14H2,1-3H3. The Morgan fingerprint density at radius 2 is 2.18 bits per heavy atom. The van der Waals surface area contributed by atoms with Gasteiger partial charge in [0.05, 0.1) is 13.7 Å². The van der Waals surface area contributed by atoms with Gasteiger partial charge in [-0.1, -0.05) is 20.3 Å². The SMILES string of the molecule is CCC(C)COc1cc(N)ccc1C(=O)OC. The number of anilines is 1. The molecule has 2 N–H and O–H groups in total. The lowest BCUT2D eigenvalue weighted by atomic mass is 10.1. The Balaban J connectivity index is 2.87. The highest BCUT2D eigenvalue weighted by Crippen LogP contribution is 2.23. The van der Waals surface area contributed by atoms with Crippen molar-refractivity contribution < 1.29 is 14.3 Å². The molecule has 0 aliphatic rings. The number of hydrogen-bond donors (Lipinski definition) is 1. The molecule has 0 saturated heterocycles. The number of carbonyl (C=O) groups excluding carboxylic acids is 1. The number of methoxy groups -OCH3 is 1. The van der Waals surface area contributed by atoms with Crippen LogP contribution >= 0.6 is 0 Å². The molecule has 0 aromatic heterocycles. The first-order chi connectivity index (χ1) is 8.08. The molecule has 0 amide bonds.